The maximum atomic E-state index is 12.5. The number of nitrogens with two attached hydrogens (primary N) is 1. The van der Waals surface area contributed by atoms with E-state index in [2.05, 4.69) is 50.3 Å². The van der Waals surface area contributed by atoms with Crippen LogP contribution in [0.4, 0.5) is 0 Å². The van der Waals surface area contributed by atoms with Crippen molar-refractivity contribution in [2.75, 3.05) is 33.0 Å². The molecular formula is C45H86NO7P. The Morgan fingerprint density at radius 1 is 0.556 bits per heavy atom. The smallest absolute Gasteiger partial charge is 0.457 e. The summed E-state index contributed by atoms with van der Waals surface area (Å²) < 4.78 is 33.4. The first kappa shape index (κ1) is 52.7. The molecule has 0 radical (unpaired) electrons. The molecule has 0 aromatic carbocycles. The molecule has 0 aromatic rings. The highest BCUT2D eigenvalue weighted by Crippen LogP contribution is 2.43. The largest absolute Gasteiger partial charge is 0.472 e. The van der Waals surface area contributed by atoms with Gasteiger partial charge in [-0.15, -0.1) is 0 Å². The van der Waals surface area contributed by atoms with E-state index >= 15 is 0 Å². The van der Waals surface area contributed by atoms with Crippen molar-refractivity contribution < 1.29 is 32.8 Å². The number of ether oxygens (including phenoxy) is 2. The van der Waals surface area contributed by atoms with Crippen LogP contribution in [-0.4, -0.2) is 49.9 Å². The summed E-state index contributed by atoms with van der Waals surface area (Å²) in [6.45, 7) is 4.87. The van der Waals surface area contributed by atoms with Gasteiger partial charge in [0.05, 0.1) is 19.8 Å². The number of hydrogen-bond acceptors (Lipinski definition) is 7. The predicted octanol–water partition coefficient (Wildman–Crippen LogP) is 13.4. The van der Waals surface area contributed by atoms with Gasteiger partial charge >= 0.3 is 13.8 Å². The molecule has 0 aliphatic carbocycles. The van der Waals surface area contributed by atoms with Gasteiger partial charge in [-0.3, -0.25) is 13.8 Å². The van der Waals surface area contributed by atoms with Crippen LogP contribution in [0.25, 0.3) is 0 Å². The van der Waals surface area contributed by atoms with Crippen LogP contribution in [0.5, 0.6) is 0 Å². The first-order chi connectivity index (χ1) is 26.4. The zero-order chi connectivity index (χ0) is 39.5. The van der Waals surface area contributed by atoms with Crippen LogP contribution in [0, 0.1) is 0 Å². The lowest BCUT2D eigenvalue weighted by Crippen LogP contribution is -2.28. The van der Waals surface area contributed by atoms with Crippen molar-refractivity contribution in [2.24, 2.45) is 5.73 Å². The van der Waals surface area contributed by atoms with E-state index in [1.807, 2.05) is 0 Å². The van der Waals surface area contributed by atoms with E-state index in [1.165, 1.54) is 135 Å². The second kappa shape index (κ2) is 42.9. The Labute approximate surface area is 333 Å². The lowest BCUT2D eigenvalue weighted by Gasteiger charge is -2.20. The minimum absolute atomic E-state index is 0.0970. The number of carbonyl (C=O) groups excluding carboxylic acids is 1. The fraction of sp³-hybridized carbons (Fsp3) is 0.844. The summed E-state index contributed by atoms with van der Waals surface area (Å²) in [5, 5.41) is 0. The summed E-state index contributed by atoms with van der Waals surface area (Å²) in [6, 6.07) is 0. The molecule has 0 aliphatic rings. The molecule has 318 valence electrons. The van der Waals surface area contributed by atoms with Crippen molar-refractivity contribution in [2.45, 2.75) is 213 Å². The summed E-state index contributed by atoms with van der Waals surface area (Å²) in [5.41, 5.74) is 5.36. The maximum Gasteiger partial charge on any atom is 0.472 e. The standard InChI is InChI=1S/C45H86NO7P/c1-3-5-7-9-11-13-15-16-17-18-19-20-21-22-23-24-25-26-27-29-31-33-35-37-40-50-42-44(43-52-54(48,49)51-41-39-46)53-45(47)38-36-34-32-30-28-14-12-10-8-6-4-2/h10,12,15-16,18-19,44H,3-9,11,13-14,17,20-43,46H2,1-2H3,(H,48,49)/b12-10-,16-15-,19-18-. The maximum absolute atomic E-state index is 12.5. The number of rotatable bonds is 43. The van der Waals surface area contributed by atoms with Crippen molar-refractivity contribution in [1.82, 2.24) is 0 Å². The van der Waals surface area contributed by atoms with Crippen molar-refractivity contribution >= 4 is 13.8 Å². The number of hydrogen-bond donors (Lipinski definition) is 2. The van der Waals surface area contributed by atoms with Crippen LogP contribution in [0.3, 0.4) is 0 Å². The minimum Gasteiger partial charge on any atom is -0.457 e. The Bertz CT molecular complexity index is 926. The van der Waals surface area contributed by atoms with E-state index < -0.39 is 13.9 Å². The van der Waals surface area contributed by atoms with Crippen molar-refractivity contribution in [1.29, 1.82) is 0 Å². The van der Waals surface area contributed by atoms with Gasteiger partial charge in [-0.05, 0) is 64.2 Å². The monoisotopic (exact) mass is 784 g/mol. The van der Waals surface area contributed by atoms with Gasteiger partial charge in [0.1, 0.15) is 6.10 Å². The van der Waals surface area contributed by atoms with Crippen molar-refractivity contribution in [3.8, 4) is 0 Å². The second-order valence-corrected chi connectivity index (χ2v) is 16.4. The van der Waals surface area contributed by atoms with E-state index in [0.29, 0.717) is 13.0 Å². The highest BCUT2D eigenvalue weighted by Gasteiger charge is 2.25. The molecule has 54 heavy (non-hydrogen) atoms. The normalized spacial score (nSPS) is 13.8. The van der Waals surface area contributed by atoms with Gasteiger partial charge in [0.2, 0.25) is 0 Å². The minimum atomic E-state index is -4.27. The molecule has 0 rings (SSSR count). The quantitative estimate of drug-likeness (QED) is 0.0272. The Kier molecular flexibility index (Phi) is 41.8. The third-order valence-corrected chi connectivity index (χ3v) is 10.5. The van der Waals surface area contributed by atoms with Crippen molar-refractivity contribution in [3.05, 3.63) is 36.5 Å². The molecule has 0 heterocycles. The molecule has 0 amide bonds. The van der Waals surface area contributed by atoms with Gasteiger partial charge in [-0.2, -0.15) is 0 Å². The Morgan fingerprint density at radius 2 is 1.00 bits per heavy atom. The molecule has 0 spiro atoms. The number of allylic oxidation sites excluding steroid dienone is 6. The third-order valence-electron chi connectivity index (χ3n) is 9.53. The predicted molar refractivity (Wildman–Crippen MR) is 229 cm³/mol. The van der Waals surface area contributed by atoms with Crippen LogP contribution in [0.1, 0.15) is 206 Å². The van der Waals surface area contributed by atoms with Gasteiger partial charge in [-0.1, -0.05) is 172 Å². The molecule has 2 atom stereocenters. The topological polar surface area (TPSA) is 117 Å². The van der Waals surface area contributed by atoms with Crippen LogP contribution in [0.15, 0.2) is 36.5 Å². The first-order valence-corrected chi connectivity index (χ1v) is 24.0. The first-order valence-electron chi connectivity index (χ1n) is 22.5. The zero-order valence-electron chi connectivity index (χ0n) is 35.2. The van der Waals surface area contributed by atoms with Gasteiger partial charge in [0.15, 0.2) is 0 Å². The Morgan fingerprint density at radius 3 is 1.52 bits per heavy atom. The van der Waals surface area contributed by atoms with E-state index in [0.717, 1.165) is 51.4 Å². The highest BCUT2D eigenvalue weighted by atomic mass is 31.2. The number of phosphoric ester groups is 1. The lowest BCUT2D eigenvalue weighted by atomic mass is 10.0. The fourth-order valence-corrected chi connectivity index (χ4v) is 6.95. The SMILES string of the molecule is CCCC/C=C\CCCCCCCC(=O)OC(COCCCCCCCCCCCCCC/C=C\C/C=C\CCCCCCC)COP(=O)(O)OCCN. The zero-order valence-corrected chi connectivity index (χ0v) is 36.1. The second-order valence-electron chi connectivity index (χ2n) is 14.9. The van der Waals surface area contributed by atoms with Crippen LogP contribution in [0.2, 0.25) is 0 Å². The summed E-state index contributed by atoms with van der Waals surface area (Å²) in [5.74, 6) is -0.341. The molecule has 0 saturated carbocycles. The molecule has 3 N–H and O–H groups in total. The molecule has 0 aliphatic heterocycles. The highest BCUT2D eigenvalue weighted by molar-refractivity contribution is 7.47. The molecule has 0 fully saturated rings. The summed E-state index contributed by atoms with van der Waals surface area (Å²) >= 11 is 0. The van der Waals surface area contributed by atoms with Crippen LogP contribution < -0.4 is 5.73 Å². The van der Waals surface area contributed by atoms with Crippen LogP contribution in [-0.2, 0) is 27.9 Å². The Hall–Kier alpha value is -1.28. The summed E-state index contributed by atoms with van der Waals surface area (Å²) in [7, 11) is -4.27. The molecule has 0 bridgehead atoms. The fourth-order valence-electron chi connectivity index (χ4n) is 6.18. The Balaban J connectivity index is 3.91. The van der Waals surface area contributed by atoms with Crippen molar-refractivity contribution in [3.63, 3.8) is 0 Å². The van der Waals surface area contributed by atoms with Gasteiger partial charge in [0, 0.05) is 19.6 Å². The molecule has 0 aromatic heterocycles. The molecule has 0 saturated heterocycles. The molecule has 8 nitrogen and oxygen atoms in total. The number of esters is 1. The van der Waals surface area contributed by atoms with E-state index in [9.17, 15) is 14.3 Å². The molecular weight excluding hydrogens is 697 g/mol. The summed E-state index contributed by atoms with van der Waals surface area (Å²) in [4.78, 5) is 22.4. The number of unbranched alkanes of at least 4 members (excludes halogenated alkanes) is 24. The van der Waals surface area contributed by atoms with Gasteiger partial charge in [-0.25, -0.2) is 4.57 Å². The van der Waals surface area contributed by atoms with Gasteiger partial charge < -0.3 is 20.1 Å². The summed E-state index contributed by atoms with van der Waals surface area (Å²) in [6.07, 6.45) is 48.9. The molecule has 9 heteroatoms. The van der Waals surface area contributed by atoms with E-state index in [1.54, 1.807) is 0 Å². The average molecular weight is 784 g/mol. The third kappa shape index (κ3) is 41.9. The number of carbonyl (C=O) groups is 1. The average Bonchev–Trinajstić information content (AvgIpc) is 3.16. The van der Waals surface area contributed by atoms with E-state index in [-0.39, 0.29) is 32.3 Å². The molecule has 2 unspecified atom stereocenters. The van der Waals surface area contributed by atoms with Crippen LogP contribution >= 0.6 is 7.82 Å². The number of phosphoric acid groups is 1. The van der Waals surface area contributed by atoms with Gasteiger partial charge in [0.25, 0.3) is 0 Å². The lowest BCUT2D eigenvalue weighted by molar-refractivity contribution is -0.154. The van der Waals surface area contributed by atoms with E-state index in [4.69, 9.17) is 24.3 Å².